The van der Waals surface area contributed by atoms with E-state index in [9.17, 15) is 0 Å². The zero-order valence-corrected chi connectivity index (χ0v) is 12.1. The topological polar surface area (TPSA) is 41.8 Å². The second-order valence-corrected chi connectivity index (χ2v) is 2.90. The Labute approximate surface area is 121 Å². The largest absolute Gasteiger partial charge is 2.00 e. The van der Waals surface area contributed by atoms with Gasteiger partial charge in [0, 0.05) is 17.1 Å². The average Bonchev–Trinajstić information content (AvgIpc) is 2.50. The molecule has 0 saturated carbocycles. The molecule has 0 saturated heterocycles. The molecule has 15 heavy (non-hydrogen) atoms. The molecule has 0 unspecified atom stereocenters. The van der Waals surface area contributed by atoms with E-state index in [2.05, 4.69) is 23.2 Å². The number of rotatable bonds is 2. The number of nitrogens with two attached hydrogens (primary N) is 1. The number of aromatic nitrogens is 1. The van der Waals surface area contributed by atoms with Crippen molar-refractivity contribution in [3.05, 3.63) is 36.0 Å². The minimum absolute atomic E-state index is 0. The number of H-pyrrole nitrogens is 1. The van der Waals surface area contributed by atoms with Crippen molar-refractivity contribution in [3.63, 3.8) is 0 Å². The van der Waals surface area contributed by atoms with Gasteiger partial charge in [0.2, 0.25) is 0 Å². The maximum absolute atomic E-state index is 5.50. The van der Waals surface area contributed by atoms with Crippen LogP contribution in [0.3, 0.4) is 0 Å². The SMILES string of the molecule is NCCc1c[nH]c2ccccc12.[Cl-].[Cl-].[Zr+2]. The van der Waals surface area contributed by atoms with E-state index in [1.807, 2.05) is 12.3 Å². The number of aromatic amines is 1. The minimum Gasteiger partial charge on any atom is -1.00 e. The molecule has 3 N–H and O–H groups in total. The number of hydrogen-bond donors (Lipinski definition) is 2. The van der Waals surface area contributed by atoms with Crippen molar-refractivity contribution < 1.29 is 51.0 Å². The van der Waals surface area contributed by atoms with Crippen LogP contribution >= 0.6 is 0 Å². The number of halogens is 2. The van der Waals surface area contributed by atoms with Crippen molar-refractivity contribution >= 4 is 10.9 Å². The first-order chi connectivity index (χ1) is 5.92. The number of para-hydroxylation sites is 1. The van der Waals surface area contributed by atoms with Crippen molar-refractivity contribution in [2.45, 2.75) is 6.42 Å². The van der Waals surface area contributed by atoms with Crippen LogP contribution < -0.4 is 30.5 Å². The van der Waals surface area contributed by atoms with Gasteiger partial charge in [-0.2, -0.15) is 0 Å². The van der Waals surface area contributed by atoms with Crippen LogP contribution in [0.15, 0.2) is 30.5 Å². The molecule has 2 aromatic rings. The molecule has 0 bridgehead atoms. The fraction of sp³-hybridized carbons (Fsp3) is 0.200. The predicted molar refractivity (Wildman–Crippen MR) is 51.1 cm³/mol. The summed E-state index contributed by atoms with van der Waals surface area (Å²) in [5.41, 5.74) is 8.01. The van der Waals surface area contributed by atoms with Crippen LogP contribution in [-0.4, -0.2) is 11.5 Å². The first kappa shape index (κ1) is 17.6. The van der Waals surface area contributed by atoms with E-state index in [-0.39, 0.29) is 51.0 Å². The molecule has 0 aliphatic heterocycles. The zero-order valence-electron chi connectivity index (χ0n) is 8.13. The Morgan fingerprint density at radius 2 is 1.80 bits per heavy atom. The van der Waals surface area contributed by atoms with Gasteiger partial charge in [0.15, 0.2) is 0 Å². The fourth-order valence-corrected chi connectivity index (χ4v) is 1.49. The summed E-state index contributed by atoms with van der Waals surface area (Å²) in [6.07, 6.45) is 2.99. The standard InChI is InChI=1S/C10H12N2.2ClH.Zr/c11-6-5-8-7-12-10-4-2-1-3-9(8)10;;;/h1-4,7,12H,5-6,11H2;2*1H;/q;;;+2/p-2. The molecule has 2 nitrogen and oxygen atoms in total. The first-order valence-electron chi connectivity index (χ1n) is 4.17. The van der Waals surface area contributed by atoms with Crippen molar-refractivity contribution in [3.8, 4) is 0 Å². The third-order valence-corrected chi connectivity index (χ3v) is 2.09. The van der Waals surface area contributed by atoms with Gasteiger partial charge in [0.05, 0.1) is 0 Å². The van der Waals surface area contributed by atoms with Gasteiger partial charge in [-0.3, -0.25) is 0 Å². The van der Waals surface area contributed by atoms with Gasteiger partial charge in [-0.05, 0) is 24.6 Å². The second kappa shape index (κ2) is 8.35. The third kappa shape index (κ3) is 3.92. The van der Waals surface area contributed by atoms with Gasteiger partial charge in [-0.25, -0.2) is 0 Å². The molecule has 1 heterocycles. The molecule has 0 radical (unpaired) electrons. The molecular weight excluding hydrogens is 310 g/mol. The second-order valence-electron chi connectivity index (χ2n) is 2.90. The molecule has 1 aromatic heterocycles. The Balaban J connectivity index is 0. The minimum atomic E-state index is 0. The Morgan fingerprint density at radius 1 is 1.13 bits per heavy atom. The van der Waals surface area contributed by atoms with Gasteiger partial charge in [-0.15, -0.1) is 0 Å². The summed E-state index contributed by atoms with van der Waals surface area (Å²) in [7, 11) is 0. The van der Waals surface area contributed by atoms with Crippen LogP contribution in [0.25, 0.3) is 10.9 Å². The summed E-state index contributed by atoms with van der Waals surface area (Å²) in [5.74, 6) is 0. The average molecular weight is 322 g/mol. The van der Waals surface area contributed by atoms with Gasteiger partial charge >= 0.3 is 26.2 Å². The zero-order chi connectivity index (χ0) is 8.39. The predicted octanol–water partition coefficient (Wildman–Crippen LogP) is -4.33. The van der Waals surface area contributed by atoms with E-state index in [4.69, 9.17) is 5.73 Å². The summed E-state index contributed by atoms with van der Waals surface area (Å²) >= 11 is 0. The molecule has 5 heteroatoms. The molecular formula is C10H12Cl2N2Zr. The molecule has 0 spiro atoms. The van der Waals surface area contributed by atoms with E-state index < -0.39 is 0 Å². The summed E-state index contributed by atoms with van der Waals surface area (Å²) in [6.45, 7) is 0.710. The quantitative estimate of drug-likeness (QED) is 0.577. The van der Waals surface area contributed by atoms with Crippen LogP contribution in [0.1, 0.15) is 5.56 Å². The normalized spacial score (nSPS) is 8.60. The first-order valence-corrected chi connectivity index (χ1v) is 4.17. The smallest absolute Gasteiger partial charge is 1.00 e. The number of fused-ring (bicyclic) bond motifs is 1. The monoisotopic (exact) mass is 320 g/mol. The summed E-state index contributed by atoms with van der Waals surface area (Å²) in [6, 6.07) is 8.29. The molecule has 0 aliphatic carbocycles. The van der Waals surface area contributed by atoms with E-state index in [0.29, 0.717) is 6.54 Å². The van der Waals surface area contributed by atoms with Gasteiger partial charge in [-0.1, -0.05) is 18.2 Å². The van der Waals surface area contributed by atoms with Crippen molar-refractivity contribution in [1.82, 2.24) is 4.98 Å². The van der Waals surface area contributed by atoms with Gasteiger partial charge in [0.25, 0.3) is 0 Å². The van der Waals surface area contributed by atoms with Crippen LogP contribution in [0.2, 0.25) is 0 Å². The Morgan fingerprint density at radius 3 is 2.47 bits per heavy atom. The molecule has 0 aliphatic rings. The number of hydrogen-bond acceptors (Lipinski definition) is 1. The van der Waals surface area contributed by atoms with Crippen LogP contribution in [0, 0.1) is 0 Å². The Bertz CT molecular complexity index is 390. The van der Waals surface area contributed by atoms with Gasteiger partial charge < -0.3 is 35.5 Å². The van der Waals surface area contributed by atoms with Crippen LogP contribution in [0.4, 0.5) is 0 Å². The van der Waals surface area contributed by atoms with E-state index in [1.54, 1.807) is 0 Å². The van der Waals surface area contributed by atoms with Crippen molar-refractivity contribution in [1.29, 1.82) is 0 Å². The molecule has 0 atom stereocenters. The Kier molecular flexibility index (Phi) is 9.78. The van der Waals surface area contributed by atoms with E-state index in [0.717, 1.165) is 6.42 Å². The summed E-state index contributed by atoms with van der Waals surface area (Å²) < 4.78 is 0. The molecule has 1 aromatic carbocycles. The Hall–Kier alpha value is 0.183. The molecule has 0 fully saturated rings. The number of nitrogens with one attached hydrogen (secondary N) is 1. The van der Waals surface area contributed by atoms with E-state index in [1.165, 1.54) is 16.5 Å². The third-order valence-electron chi connectivity index (χ3n) is 2.09. The maximum atomic E-state index is 5.50. The fourth-order valence-electron chi connectivity index (χ4n) is 1.49. The molecule has 2 rings (SSSR count). The van der Waals surface area contributed by atoms with E-state index >= 15 is 0 Å². The van der Waals surface area contributed by atoms with Gasteiger partial charge in [0.1, 0.15) is 0 Å². The summed E-state index contributed by atoms with van der Waals surface area (Å²) in [4.78, 5) is 3.22. The van der Waals surface area contributed by atoms with Crippen LogP contribution in [-0.2, 0) is 32.6 Å². The molecule has 80 valence electrons. The molecule has 0 amide bonds. The van der Waals surface area contributed by atoms with Crippen molar-refractivity contribution in [2.24, 2.45) is 5.73 Å². The summed E-state index contributed by atoms with van der Waals surface area (Å²) in [5, 5.41) is 1.29. The van der Waals surface area contributed by atoms with Crippen LogP contribution in [0.5, 0.6) is 0 Å². The maximum Gasteiger partial charge on any atom is 2.00 e. The van der Waals surface area contributed by atoms with Crippen molar-refractivity contribution in [2.75, 3.05) is 6.54 Å². The number of benzene rings is 1.